The highest BCUT2D eigenvalue weighted by molar-refractivity contribution is 6.05. The molecule has 5 rings (SSSR count). The lowest BCUT2D eigenvalue weighted by molar-refractivity contribution is -0.159. The zero-order valence-electron chi connectivity index (χ0n) is 27.3. The summed E-state index contributed by atoms with van der Waals surface area (Å²) < 4.78 is 12.4. The maximum absolute atomic E-state index is 14.8. The van der Waals surface area contributed by atoms with E-state index in [1.165, 1.54) is 0 Å². The third-order valence-corrected chi connectivity index (χ3v) is 9.72. The number of allylic oxidation sites excluding steroid dienone is 1. The predicted octanol–water partition coefficient (Wildman–Crippen LogP) is 4.30. The van der Waals surface area contributed by atoms with E-state index in [2.05, 4.69) is 18.5 Å². The number of aliphatic hydroxyl groups excluding tert-OH is 1. The number of aliphatic hydroxyl groups is 1. The van der Waals surface area contributed by atoms with E-state index < -0.39 is 41.7 Å². The van der Waals surface area contributed by atoms with E-state index in [0.717, 1.165) is 23.6 Å². The largest absolute Gasteiger partial charge is 0.460 e. The summed E-state index contributed by atoms with van der Waals surface area (Å²) in [5.74, 6) is -2.94. The maximum Gasteiger partial charge on any atom is 0.312 e. The zero-order valence-corrected chi connectivity index (χ0v) is 27.3. The molecule has 6 atom stereocenters. The molecule has 47 heavy (non-hydrogen) atoms. The van der Waals surface area contributed by atoms with Crippen LogP contribution in [0.3, 0.4) is 0 Å². The van der Waals surface area contributed by atoms with Crippen molar-refractivity contribution in [3.05, 3.63) is 67.8 Å². The highest BCUT2D eigenvalue weighted by Crippen LogP contribution is 2.59. The number of esters is 1. The molecule has 0 aromatic heterocycles. The summed E-state index contributed by atoms with van der Waals surface area (Å²) >= 11 is 0. The molecule has 3 aliphatic rings. The fourth-order valence-corrected chi connectivity index (χ4v) is 7.53. The number of anilines is 1. The number of fused-ring (bicyclic) bond motifs is 2. The summed E-state index contributed by atoms with van der Waals surface area (Å²) in [5.41, 5.74) is -0.470. The molecule has 2 aromatic carbocycles. The van der Waals surface area contributed by atoms with Crippen molar-refractivity contribution in [2.45, 2.75) is 82.1 Å². The number of rotatable bonds is 17. The summed E-state index contributed by atoms with van der Waals surface area (Å²) in [5, 5.41) is 14.0. The number of carbonyl (C=O) groups excluding carboxylic acids is 4. The Kier molecular flexibility index (Phi) is 11.1. The molecule has 252 valence electrons. The van der Waals surface area contributed by atoms with E-state index in [4.69, 9.17) is 9.47 Å². The van der Waals surface area contributed by atoms with Crippen molar-refractivity contribution < 1.29 is 33.8 Å². The maximum atomic E-state index is 14.8. The molecule has 10 heteroatoms. The lowest BCUT2D eigenvalue weighted by atomic mass is 9.70. The monoisotopic (exact) mass is 645 g/mol. The van der Waals surface area contributed by atoms with E-state index in [1.54, 1.807) is 28.9 Å². The Hall–Kier alpha value is -4.02. The van der Waals surface area contributed by atoms with Crippen LogP contribution >= 0.6 is 0 Å². The van der Waals surface area contributed by atoms with Gasteiger partial charge in [0.15, 0.2) is 0 Å². The number of carbonyl (C=O) groups is 4. The smallest absolute Gasteiger partial charge is 0.312 e. The number of hydrogen-bond acceptors (Lipinski definition) is 7. The summed E-state index contributed by atoms with van der Waals surface area (Å²) in [4.78, 5) is 58.2. The first-order chi connectivity index (χ1) is 22.7. The predicted molar refractivity (Wildman–Crippen MR) is 179 cm³/mol. The van der Waals surface area contributed by atoms with Crippen molar-refractivity contribution in [3.63, 3.8) is 0 Å². The SMILES string of the molecule is C=CCCC(=O)NC[C@H](C)OC(=O)[C@@H]1[C@@H]2CC[C@]3(O2)[C@H](C(=O)N(CC=C)c2ccc4ccccc4c2)N(CCCCCCO)C(=O)[C@@H]13. The van der Waals surface area contributed by atoms with Gasteiger partial charge in [0, 0.05) is 31.8 Å². The quantitative estimate of drug-likeness (QED) is 0.149. The molecule has 0 radical (unpaired) electrons. The van der Waals surface area contributed by atoms with Crippen LogP contribution in [0, 0.1) is 11.8 Å². The Morgan fingerprint density at radius 2 is 1.89 bits per heavy atom. The topological polar surface area (TPSA) is 125 Å². The molecule has 2 bridgehead atoms. The van der Waals surface area contributed by atoms with Gasteiger partial charge in [-0.3, -0.25) is 19.2 Å². The van der Waals surface area contributed by atoms with Gasteiger partial charge < -0.3 is 29.7 Å². The first kappa shape index (κ1) is 34.3. The average molecular weight is 646 g/mol. The van der Waals surface area contributed by atoms with Gasteiger partial charge in [-0.2, -0.15) is 0 Å². The first-order valence-corrected chi connectivity index (χ1v) is 16.8. The molecule has 1 spiro atoms. The Labute approximate surface area is 276 Å². The number of hydrogen-bond donors (Lipinski definition) is 2. The van der Waals surface area contributed by atoms with E-state index in [9.17, 15) is 24.3 Å². The molecule has 0 saturated carbocycles. The van der Waals surface area contributed by atoms with Crippen molar-refractivity contribution >= 4 is 40.2 Å². The van der Waals surface area contributed by atoms with Crippen LogP contribution in [-0.4, -0.2) is 83.8 Å². The number of amides is 3. The van der Waals surface area contributed by atoms with Gasteiger partial charge >= 0.3 is 5.97 Å². The fourth-order valence-electron chi connectivity index (χ4n) is 7.53. The van der Waals surface area contributed by atoms with Crippen molar-refractivity contribution in [1.29, 1.82) is 0 Å². The van der Waals surface area contributed by atoms with Crippen molar-refractivity contribution in [3.8, 4) is 0 Å². The van der Waals surface area contributed by atoms with Gasteiger partial charge in [-0.05, 0) is 61.9 Å². The van der Waals surface area contributed by atoms with Crippen molar-refractivity contribution in [2.24, 2.45) is 11.8 Å². The van der Waals surface area contributed by atoms with Crippen LogP contribution in [0.2, 0.25) is 0 Å². The van der Waals surface area contributed by atoms with Gasteiger partial charge in [-0.15, -0.1) is 13.2 Å². The number of unbranched alkanes of at least 4 members (excludes halogenated alkanes) is 3. The molecule has 3 fully saturated rings. The minimum atomic E-state index is -1.16. The van der Waals surface area contributed by atoms with E-state index in [1.807, 2.05) is 42.5 Å². The molecule has 3 saturated heterocycles. The van der Waals surface area contributed by atoms with Crippen LogP contribution in [0.25, 0.3) is 10.8 Å². The molecule has 2 aromatic rings. The summed E-state index contributed by atoms with van der Waals surface area (Å²) in [6.07, 6.45) is 6.95. The van der Waals surface area contributed by atoms with E-state index in [0.29, 0.717) is 50.8 Å². The minimum absolute atomic E-state index is 0.104. The number of nitrogens with zero attached hydrogens (tertiary/aromatic N) is 2. The molecule has 0 unspecified atom stereocenters. The van der Waals surface area contributed by atoms with Crippen LogP contribution < -0.4 is 10.2 Å². The molecular formula is C37H47N3O7. The second-order valence-corrected chi connectivity index (χ2v) is 12.9. The zero-order chi connectivity index (χ0) is 33.6. The number of ether oxygens (including phenoxy) is 2. The Morgan fingerprint density at radius 1 is 1.13 bits per heavy atom. The fraction of sp³-hybridized carbons (Fsp3) is 0.514. The normalized spacial score (nSPS) is 25.0. The molecule has 3 aliphatic heterocycles. The molecule has 0 aliphatic carbocycles. The Morgan fingerprint density at radius 3 is 2.64 bits per heavy atom. The lowest BCUT2D eigenvalue weighted by Gasteiger charge is -2.37. The highest BCUT2D eigenvalue weighted by Gasteiger charge is 2.75. The van der Waals surface area contributed by atoms with Crippen LogP contribution in [0.4, 0.5) is 5.69 Å². The molecule has 2 N–H and O–H groups in total. The van der Waals surface area contributed by atoms with Crippen LogP contribution in [0.15, 0.2) is 67.8 Å². The van der Waals surface area contributed by atoms with Gasteiger partial charge in [0.2, 0.25) is 11.8 Å². The number of benzene rings is 2. The van der Waals surface area contributed by atoms with Gasteiger partial charge in [0.1, 0.15) is 17.7 Å². The van der Waals surface area contributed by atoms with Crippen LogP contribution in [0.5, 0.6) is 0 Å². The number of likely N-dealkylation sites (tertiary alicyclic amines) is 1. The van der Waals surface area contributed by atoms with Crippen LogP contribution in [0.1, 0.15) is 58.3 Å². The summed E-state index contributed by atoms with van der Waals surface area (Å²) in [6.45, 7) is 10.1. The second-order valence-electron chi connectivity index (χ2n) is 12.9. The third kappa shape index (κ3) is 6.99. The summed E-state index contributed by atoms with van der Waals surface area (Å²) in [7, 11) is 0. The van der Waals surface area contributed by atoms with E-state index in [-0.39, 0.29) is 37.4 Å². The summed E-state index contributed by atoms with van der Waals surface area (Å²) in [6, 6.07) is 12.8. The Balaban J connectivity index is 1.41. The van der Waals surface area contributed by atoms with Crippen molar-refractivity contribution in [1.82, 2.24) is 10.2 Å². The molecular weight excluding hydrogens is 598 g/mol. The van der Waals surface area contributed by atoms with Gasteiger partial charge in [-0.25, -0.2) is 0 Å². The number of nitrogens with one attached hydrogen (secondary N) is 1. The van der Waals surface area contributed by atoms with Gasteiger partial charge in [-0.1, -0.05) is 55.3 Å². The minimum Gasteiger partial charge on any atom is -0.460 e. The standard InChI is InChI=1S/C37H47N3O7/c1-4-6-15-30(42)38-24-25(3)46-36(45)31-29-18-19-37(47-29)32(31)34(43)40(21-11-7-8-12-22-41)33(37)35(44)39(20-5-2)28-17-16-26-13-9-10-14-27(26)23-28/h4-5,9-10,13-14,16-17,23,25,29,31-33,41H,1-2,6-8,11-12,15,18-22,24H2,3H3,(H,38,42)/t25-,29-,31+,32+,33-,37+/m0/s1. The van der Waals surface area contributed by atoms with E-state index >= 15 is 0 Å². The molecule has 3 amide bonds. The highest BCUT2D eigenvalue weighted by atomic mass is 16.6. The van der Waals surface area contributed by atoms with Crippen LogP contribution in [-0.2, 0) is 28.7 Å². The van der Waals surface area contributed by atoms with Gasteiger partial charge in [0.05, 0.1) is 24.5 Å². The molecule has 10 nitrogen and oxygen atoms in total. The van der Waals surface area contributed by atoms with Gasteiger partial charge in [0.25, 0.3) is 5.91 Å². The first-order valence-electron chi connectivity index (χ1n) is 16.8. The molecule has 3 heterocycles. The lowest BCUT2D eigenvalue weighted by Crippen LogP contribution is -2.56. The second kappa shape index (κ2) is 15.3. The Bertz CT molecular complexity index is 1490. The van der Waals surface area contributed by atoms with Crippen molar-refractivity contribution in [2.75, 3.05) is 31.1 Å². The third-order valence-electron chi connectivity index (χ3n) is 9.72. The average Bonchev–Trinajstić information content (AvgIpc) is 3.72.